The molecule has 0 radical (unpaired) electrons. The summed E-state index contributed by atoms with van der Waals surface area (Å²) in [5, 5.41) is 3.05. The number of imidazole rings is 1. The van der Waals surface area contributed by atoms with Gasteiger partial charge in [0.1, 0.15) is 0 Å². The van der Waals surface area contributed by atoms with Crippen LogP contribution in [0.25, 0.3) is 11.0 Å². The molecular formula is C21H32N4O3. The summed E-state index contributed by atoms with van der Waals surface area (Å²) in [7, 11) is 0. The van der Waals surface area contributed by atoms with Gasteiger partial charge in [0.25, 0.3) is 0 Å². The highest BCUT2D eigenvalue weighted by Crippen LogP contribution is 2.16. The monoisotopic (exact) mass is 388 g/mol. The fraction of sp³-hybridized carbons (Fsp3) is 0.619. The van der Waals surface area contributed by atoms with E-state index >= 15 is 0 Å². The van der Waals surface area contributed by atoms with Gasteiger partial charge in [0.05, 0.1) is 24.2 Å². The number of nitrogens with zero attached hydrogens (tertiary/aromatic N) is 3. The van der Waals surface area contributed by atoms with E-state index < -0.39 is 0 Å². The van der Waals surface area contributed by atoms with Gasteiger partial charge in [-0.05, 0) is 32.4 Å². The van der Waals surface area contributed by atoms with Gasteiger partial charge in [0.15, 0.2) is 0 Å². The number of carbonyl (C=O) groups excluding carboxylic acids is 1. The van der Waals surface area contributed by atoms with Gasteiger partial charge in [-0.15, -0.1) is 0 Å². The second-order valence-electron chi connectivity index (χ2n) is 8.01. The lowest BCUT2D eigenvalue weighted by Gasteiger charge is -2.40. The quantitative estimate of drug-likeness (QED) is 0.749. The molecule has 2 heterocycles. The van der Waals surface area contributed by atoms with Crippen LogP contribution in [0.1, 0.15) is 33.6 Å². The van der Waals surface area contributed by atoms with Crippen molar-refractivity contribution < 1.29 is 9.53 Å². The number of para-hydroxylation sites is 2. The Hall–Kier alpha value is -2.12. The van der Waals surface area contributed by atoms with Crippen molar-refractivity contribution in [1.82, 2.24) is 19.4 Å². The van der Waals surface area contributed by atoms with Crippen molar-refractivity contribution >= 4 is 16.9 Å². The highest BCUT2D eigenvalue weighted by atomic mass is 16.5. The van der Waals surface area contributed by atoms with Crippen molar-refractivity contribution in [1.29, 1.82) is 0 Å². The van der Waals surface area contributed by atoms with Gasteiger partial charge >= 0.3 is 5.69 Å². The fourth-order valence-corrected chi connectivity index (χ4v) is 3.83. The van der Waals surface area contributed by atoms with Gasteiger partial charge in [-0.1, -0.05) is 19.1 Å². The number of aromatic nitrogens is 2. The number of ether oxygens (including phenoxy) is 1. The van der Waals surface area contributed by atoms with Crippen LogP contribution in [-0.2, 0) is 22.6 Å². The van der Waals surface area contributed by atoms with Gasteiger partial charge < -0.3 is 10.1 Å². The Bertz CT molecular complexity index is 862. The maximum atomic E-state index is 12.8. The Balaban J connectivity index is 1.62. The minimum Gasteiger partial charge on any atom is -0.379 e. The molecule has 0 aliphatic carbocycles. The van der Waals surface area contributed by atoms with Gasteiger partial charge in [0, 0.05) is 44.7 Å². The second-order valence-corrected chi connectivity index (χ2v) is 8.01. The topological polar surface area (TPSA) is 68.5 Å². The van der Waals surface area contributed by atoms with Crippen molar-refractivity contribution in [2.45, 2.75) is 52.2 Å². The first-order valence-electron chi connectivity index (χ1n) is 10.2. The molecule has 0 saturated carbocycles. The van der Waals surface area contributed by atoms with E-state index in [0.29, 0.717) is 26.1 Å². The van der Waals surface area contributed by atoms with E-state index in [4.69, 9.17) is 4.74 Å². The molecule has 7 heteroatoms. The van der Waals surface area contributed by atoms with Crippen LogP contribution in [0.4, 0.5) is 0 Å². The lowest BCUT2D eigenvalue weighted by atomic mass is 10.0. The number of nitrogens with one attached hydrogen (secondary N) is 1. The van der Waals surface area contributed by atoms with Gasteiger partial charge in [-0.25, -0.2) is 4.79 Å². The highest BCUT2D eigenvalue weighted by molar-refractivity contribution is 5.78. The number of fused-ring (bicyclic) bond motifs is 1. The summed E-state index contributed by atoms with van der Waals surface area (Å²) in [6, 6.07) is 7.79. The molecule has 1 amide bonds. The molecule has 0 spiro atoms. The summed E-state index contributed by atoms with van der Waals surface area (Å²) in [4.78, 5) is 27.6. The molecule has 2 aromatic rings. The zero-order chi connectivity index (χ0) is 20.1. The zero-order valence-corrected chi connectivity index (χ0v) is 17.2. The number of hydrogen-bond donors (Lipinski definition) is 1. The first-order chi connectivity index (χ1) is 13.4. The molecule has 1 aliphatic rings. The Morgan fingerprint density at radius 3 is 2.32 bits per heavy atom. The Morgan fingerprint density at radius 1 is 1.11 bits per heavy atom. The standard InChI is InChI=1S/C21H32N4O3/c1-4-10-24-17-7-5-6-8-18(17)25(20(24)27)11-9-19(26)22-16-21(2,3)23-12-14-28-15-13-23/h5-8H,4,9-16H2,1-3H3,(H,22,26). The third kappa shape index (κ3) is 4.47. The molecule has 1 aromatic carbocycles. The number of rotatable bonds is 8. The summed E-state index contributed by atoms with van der Waals surface area (Å²) in [6.45, 7) is 11.2. The van der Waals surface area contributed by atoms with Crippen molar-refractivity contribution in [2.75, 3.05) is 32.8 Å². The van der Waals surface area contributed by atoms with E-state index in [1.165, 1.54) is 0 Å². The first-order valence-corrected chi connectivity index (χ1v) is 10.2. The molecule has 3 rings (SSSR count). The molecule has 1 N–H and O–H groups in total. The minimum atomic E-state index is -0.118. The SMILES string of the molecule is CCCn1c(=O)n(CCC(=O)NCC(C)(C)N2CCOCC2)c2ccccc21. The third-order valence-corrected chi connectivity index (χ3v) is 5.52. The van der Waals surface area contributed by atoms with Gasteiger partial charge in [-0.3, -0.25) is 18.8 Å². The smallest absolute Gasteiger partial charge is 0.329 e. The molecule has 1 fully saturated rings. The van der Waals surface area contributed by atoms with Crippen molar-refractivity contribution in [2.24, 2.45) is 0 Å². The van der Waals surface area contributed by atoms with E-state index in [1.807, 2.05) is 24.3 Å². The maximum Gasteiger partial charge on any atom is 0.329 e. The fourth-order valence-electron chi connectivity index (χ4n) is 3.83. The van der Waals surface area contributed by atoms with E-state index in [-0.39, 0.29) is 17.1 Å². The molecule has 0 bridgehead atoms. The lowest BCUT2D eigenvalue weighted by molar-refractivity contribution is -0.122. The largest absolute Gasteiger partial charge is 0.379 e. The van der Waals surface area contributed by atoms with Crippen LogP contribution >= 0.6 is 0 Å². The van der Waals surface area contributed by atoms with E-state index in [1.54, 1.807) is 9.13 Å². The highest BCUT2D eigenvalue weighted by Gasteiger charge is 2.28. The summed E-state index contributed by atoms with van der Waals surface area (Å²) < 4.78 is 8.93. The molecule has 28 heavy (non-hydrogen) atoms. The number of hydrogen-bond acceptors (Lipinski definition) is 4. The predicted molar refractivity (Wildman–Crippen MR) is 111 cm³/mol. The van der Waals surface area contributed by atoms with Crippen LogP contribution in [0.3, 0.4) is 0 Å². The number of aryl methyl sites for hydroxylation is 2. The summed E-state index contributed by atoms with van der Waals surface area (Å²) in [5.41, 5.74) is 1.67. The average Bonchev–Trinajstić information content (AvgIpc) is 2.97. The molecule has 1 aliphatic heterocycles. The molecule has 1 saturated heterocycles. The van der Waals surface area contributed by atoms with Crippen LogP contribution in [0.5, 0.6) is 0 Å². The molecular weight excluding hydrogens is 356 g/mol. The molecule has 0 atom stereocenters. The van der Waals surface area contributed by atoms with Crippen LogP contribution in [-0.4, -0.2) is 58.3 Å². The Morgan fingerprint density at radius 2 is 1.71 bits per heavy atom. The molecule has 154 valence electrons. The zero-order valence-electron chi connectivity index (χ0n) is 17.2. The van der Waals surface area contributed by atoms with Crippen LogP contribution in [0, 0.1) is 0 Å². The predicted octanol–water partition coefficient (Wildman–Crippen LogP) is 1.83. The number of carbonyl (C=O) groups is 1. The normalized spacial score (nSPS) is 15.8. The van der Waals surface area contributed by atoms with Crippen molar-refractivity contribution in [3.8, 4) is 0 Å². The first kappa shape index (κ1) is 20.6. The third-order valence-electron chi connectivity index (χ3n) is 5.52. The van der Waals surface area contributed by atoms with E-state index in [9.17, 15) is 9.59 Å². The van der Waals surface area contributed by atoms with Gasteiger partial charge in [-0.2, -0.15) is 0 Å². The van der Waals surface area contributed by atoms with E-state index in [0.717, 1.165) is 43.8 Å². The summed E-state index contributed by atoms with van der Waals surface area (Å²) in [5.74, 6) is -0.0273. The van der Waals surface area contributed by atoms with E-state index in [2.05, 4.69) is 31.0 Å². The number of morpholine rings is 1. The lowest BCUT2D eigenvalue weighted by Crippen LogP contribution is -2.55. The Labute approximate surface area is 166 Å². The second kappa shape index (κ2) is 8.92. The maximum absolute atomic E-state index is 12.8. The van der Waals surface area contributed by atoms with Crippen LogP contribution in [0.15, 0.2) is 29.1 Å². The molecule has 1 aromatic heterocycles. The van der Waals surface area contributed by atoms with Crippen molar-refractivity contribution in [3.05, 3.63) is 34.7 Å². The van der Waals surface area contributed by atoms with Gasteiger partial charge in [0.2, 0.25) is 5.91 Å². The molecule has 0 unspecified atom stereocenters. The van der Waals surface area contributed by atoms with Crippen LogP contribution < -0.4 is 11.0 Å². The number of amides is 1. The molecule has 7 nitrogen and oxygen atoms in total. The summed E-state index contributed by atoms with van der Waals surface area (Å²) in [6.07, 6.45) is 1.18. The summed E-state index contributed by atoms with van der Waals surface area (Å²) >= 11 is 0. The Kier molecular flexibility index (Phi) is 6.57. The van der Waals surface area contributed by atoms with Crippen molar-refractivity contribution in [3.63, 3.8) is 0 Å². The minimum absolute atomic E-state index is 0.0273. The van der Waals surface area contributed by atoms with Crippen LogP contribution in [0.2, 0.25) is 0 Å². The number of benzene rings is 1. The average molecular weight is 389 g/mol.